The monoisotopic (exact) mass is 262 g/mol. The van der Waals surface area contributed by atoms with E-state index in [9.17, 15) is 4.79 Å². The Kier molecular flexibility index (Phi) is 4.80. The minimum atomic E-state index is 0.152. The highest BCUT2D eigenvalue weighted by atomic mass is 16.5. The Morgan fingerprint density at radius 3 is 2.95 bits per heavy atom. The van der Waals surface area contributed by atoms with Gasteiger partial charge in [-0.05, 0) is 25.3 Å². The van der Waals surface area contributed by atoms with Gasteiger partial charge in [-0.1, -0.05) is 18.2 Å². The summed E-state index contributed by atoms with van der Waals surface area (Å²) >= 11 is 0. The zero-order valence-electron chi connectivity index (χ0n) is 11.5. The van der Waals surface area contributed by atoms with Crippen LogP contribution in [0.3, 0.4) is 0 Å². The van der Waals surface area contributed by atoms with Crippen LogP contribution in [0.2, 0.25) is 0 Å². The van der Waals surface area contributed by atoms with Crippen molar-refractivity contribution in [1.29, 1.82) is 0 Å². The summed E-state index contributed by atoms with van der Waals surface area (Å²) in [5, 5.41) is 0. The molecule has 4 nitrogen and oxygen atoms in total. The van der Waals surface area contributed by atoms with Crippen LogP contribution in [0.5, 0.6) is 5.75 Å². The van der Waals surface area contributed by atoms with E-state index in [2.05, 4.69) is 0 Å². The van der Waals surface area contributed by atoms with Crippen LogP contribution in [-0.4, -0.2) is 37.0 Å². The zero-order chi connectivity index (χ0) is 13.7. The number of methoxy groups -OCH3 is 1. The van der Waals surface area contributed by atoms with Crippen molar-refractivity contribution in [3.05, 3.63) is 29.8 Å². The summed E-state index contributed by atoms with van der Waals surface area (Å²) in [5.41, 5.74) is 6.70. The second-order valence-corrected chi connectivity index (χ2v) is 4.96. The fourth-order valence-corrected chi connectivity index (χ4v) is 2.69. The second-order valence-electron chi connectivity index (χ2n) is 4.96. The molecule has 1 heterocycles. The van der Waals surface area contributed by atoms with Crippen molar-refractivity contribution in [3.63, 3.8) is 0 Å². The minimum Gasteiger partial charge on any atom is -0.496 e. The van der Waals surface area contributed by atoms with Crippen LogP contribution in [0.1, 0.15) is 24.8 Å². The molecule has 0 aromatic heterocycles. The van der Waals surface area contributed by atoms with E-state index in [1.165, 1.54) is 6.42 Å². The summed E-state index contributed by atoms with van der Waals surface area (Å²) in [6.07, 6.45) is 3.66. The first kappa shape index (κ1) is 13.9. The molecule has 0 radical (unpaired) electrons. The van der Waals surface area contributed by atoms with E-state index in [0.29, 0.717) is 13.0 Å². The molecule has 2 rings (SSSR count). The number of benzene rings is 1. The number of amides is 1. The van der Waals surface area contributed by atoms with Crippen molar-refractivity contribution in [1.82, 2.24) is 4.90 Å². The number of likely N-dealkylation sites (tertiary alicyclic amines) is 1. The van der Waals surface area contributed by atoms with Crippen LogP contribution in [-0.2, 0) is 11.2 Å². The quantitative estimate of drug-likeness (QED) is 0.896. The first-order valence-electron chi connectivity index (χ1n) is 6.87. The van der Waals surface area contributed by atoms with Crippen molar-refractivity contribution < 1.29 is 9.53 Å². The van der Waals surface area contributed by atoms with E-state index in [1.54, 1.807) is 7.11 Å². The van der Waals surface area contributed by atoms with Gasteiger partial charge in [0.2, 0.25) is 5.91 Å². The molecule has 0 aliphatic carbocycles. The van der Waals surface area contributed by atoms with Gasteiger partial charge in [0.05, 0.1) is 13.5 Å². The lowest BCUT2D eigenvalue weighted by atomic mass is 10.0. The number of hydrogen-bond acceptors (Lipinski definition) is 3. The molecular formula is C15H22N2O2. The zero-order valence-corrected chi connectivity index (χ0v) is 11.5. The standard InChI is InChI=1S/C15H22N2O2/c1-19-14-8-3-2-6-12(14)10-15(18)17-9-5-4-7-13(17)11-16/h2-3,6,8,13H,4-5,7,9-11,16H2,1H3. The van der Waals surface area contributed by atoms with E-state index in [0.717, 1.165) is 30.7 Å². The fraction of sp³-hybridized carbons (Fsp3) is 0.533. The van der Waals surface area contributed by atoms with Crippen LogP contribution in [0.25, 0.3) is 0 Å². The van der Waals surface area contributed by atoms with Gasteiger partial charge in [-0.15, -0.1) is 0 Å². The molecule has 1 aromatic carbocycles. The van der Waals surface area contributed by atoms with Gasteiger partial charge in [-0.3, -0.25) is 4.79 Å². The summed E-state index contributed by atoms with van der Waals surface area (Å²) in [4.78, 5) is 14.4. The van der Waals surface area contributed by atoms with Gasteiger partial charge < -0.3 is 15.4 Å². The van der Waals surface area contributed by atoms with Crippen LogP contribution >= 0.6 is 0 Å². The molecule has 2 N–H and O–H groups in total. The fourth-order valence-electron chi connectivity index (χ4n) is 2.69. The third kappa shape index (κ3) is 3.26. The summed E-state index contributed by atoms with van der Waals surface area (Å²) in [6.45, 7) is 1.38. The van der Waals surface area contributed by atoms with E-state index in [-0.39, 0.29) is 11.9 Å². The van der Waals surface area contributed by atoms with Gasteiger partial charge in [0.25, 0.3) is 0 Å². The molecule has 1 aromatic rings. The summed E-state index contributed by atoms with van der Waals surface area (Å²) < 4.78 is 5.29. The molecule has 0 saturated carbocycles. The Bertz CT molecular complexity index is 434. The predicted molar refractivity (Wildman–Crippen MR) is 75.1 cm³/mol. The number of para-hydroxylation sites is 1. The maximum absolute atomic E-state index is 12.4. The summed E-state index contributed by atoms with van der Waals surface area (Å²) in [5.74, 6) is 0.928. The van der Waals surface area contributed by atoms with E-state index >= 15 is 0 Å². The van der Waals surface area contributed by atoms with Crippen molar-refractivity contribution in [2.45, 2.75) is 31.7 Å². The number of piperidine rings is 1. The molecule has 0 spiro atoms. The van der Waals surface area contributed by atoms with Gasteiger partial charge in [-0.2, -0.15) is 0 Å². The average Bonchev–Trinajstić information content (AvgIpc) is 2.47. The number of hydrogen-bond donors (Lipinski definition) is 1. The molecule has 1 amide bonds. The van der Waals surface area contributed by atoms with Crippen molar-refractivity contribution in [2.24, 2.45) is 5.73 Å². The number of rotatable bonds is 4. The van der Waals surface area contributed by atoms with Crippen LogP contribution in [0.15, 0.2) is 24.3 Å². The Morgan fingerprint density at radius 1 is 1.42 bits per heavy atom. The average molecular weight is 262 g/mol. The molecule has 19 heavy (non-hydrogen) atoms. The highest BCUT2D eigenvalue weighted by molar-refractivity contribution is 5.80. The van der Waals surface area contributed by atoms with Crippen molar-refractivity contribution >= 4 is 5.91 Å². The van der Waals surface area contributed by atoms with E-state index in [4.69, 9.17) is 10.5 Å². The van der Waals surface area contributed by atoms with Gasteiger partial charge in [-0.25, -0.2) is 0 Å². The topological polar surface area (TPSA) is 55.6 Å². The molecule has 1 aliphatic heterocycles. The Labute approximate surface area is 114 Å². The number of nitrogens with zero attached hydrogens (tertiary/aromatic N) is 1. The van der Waals surface area contributed by atoms with Crippen LogP contribution in [0.4, 0.5) is 0 Å². The Hall–Kier alpha value is -1.55. The van der Waals surface area contributed by atoms with Crippen molar-refractivity contribution in [3.8, 4) is 5.75 Å². The lowest BCUT2D eigenvalue weighted by molar-refractivity contribution is -0.133. The SMILES string of the molecule is COc1ccccc1CC(=O)N1CCCCC1CN. The van der Waals surface area contributed by atoms with Crippen LogP contribution < -0.4 is 10.5 Å². The van der Waals surface area contributed by atoms with Gasteiger partial charge >= 0.3 is 0 Å². The lowest BCUT2D eigenvalue weighted by Gasteiger charge is -2.35. The van der Waals surface area contributed by atoms with Gasteiger partial charge in [0, 0.05) is 24.7 Å². The largest absolute Gasteiger partial charge is 0.496 e. The molecule has 104 valence electrons. The minimum absolute atomic E-state index is 0.152. The lowest BCUT2D eigenvalue weighted by Crippen LogP contribution is -2.48. The molecular weight excluding hydrogens is 240 g/mol. The smallest absolute Gasteiger partial charge is 0.227 e. The maximum Gasteiger partial charge on any atom is 0.227 e. The number of carbonyl (C=O) groups excluding carboxylic acids is 1. The van der Waals surface area contributed by atoms with E-state index < -0.39 is 0 Å². The molecule has 1 saturated heterocycles. The van der Waals surface area contributed by atoms with Crippen LogP contribution in [0, 0.1) is 0 Å². The molecule has 1 unspecified atom stereocenters. The van der Waals surface area contributed by atoms with Crippen molar-refractivity contribution in [2.75, 3.05) is 20.2 Å². The highest BCUT2D eigenvalue weighted by Gasteiger charge is 2.25. The Morgan fingerprint density at radius 2 is 2.21 bits per heavy atom. The molecule has 1 aliphatic rings. The molecule has 4 heteroatoms. The van der Waals surface area contributed by atoms with E-state index in [1.807, 2.05) is 29.2 Å². The molecule has 1 fully saturated rings. The molecule has 0 bridgehead atoms. The number of nitrogens with two attached hydrogens (primary N) is 1. The summed E-state index contributed by atoms with van der Waals surface area (Å²) in [7, 11) is 1.63. The third-order valence-corrected chi connectivity index (χ3v) is 3.75. The predicted octanol–water partition coefficient (Wildman–Crippen LogP) is 1.58. The number of ether oxygens (including phenoxy) is 1. The Balaban J connectivity index is 2.07. The first-order chi connectivity index (χ1) is 9.26. The maximum atomic E-state index is 12.4. The molecule has 1 atom stereocenters. The van der Waals surface area contributed by atoms with Gasteiger partial charge in [0.15, 0.2) is 0 Å². The first-order valence-corrected chi connectivity index (χ1v) is 6.87. The summed E-state index contributed by atoms with van der Waals surface area (Å²) in [6, 6.07) is 7.88. The third-order valence-electron chi connectivity index (χ3n) is 3.75. The number of carbonyl (C=O) groups is 1. The highest BCUT2D eigenvalue weighted by Crippen LogP contribution is 2.21. The van der Waals surface area contributed by atoms with Gasteiger partial charge in [0.1, 0.15) is 5.75 Å². The normalized spacial score (nSPS) is 19.3. The second kappa shape index (κ2) is 6.57.